The van der Waals surface area contributed by atoms with Gasteiger partial charge in [-0.1, -0.05) is 18.2 Å². The number of fused-ring (bicyclic) bond motifs is 2. The highest BCUT2D eigenvalue weighted by Gasteiger charge is 2.18. The molecule has 0 bridgehead atoms. The summed E-state index contributed by atoms with van der Waals surface area (Å²) in [4.78, 5) is 33.5. The molecule has 5 rings (SSSR count). The number of ether oxygens (including phenoxy) is 1. The number of anilines is 2. The molecule has 0 atom stereocenters. The van der Waals surface area contributed by atoms with Crippen LogP contribution in [0.2, 0.25) is 0 Å². The Kier molecular flexibility index (Phi) is 4.33. The number of para-hydroxylation sites is 1. The number of pyridine rings is 2. The van der Waals surface area contributed by atoms with E-state index in [1.54, 1.807) is 36.7 Å². The zero-order chi connectivity index (χ0) is 20.5. The SMILES string of the molecule is O=C1COc2ccc(NC(=O)c3cc(-c4ccncc4)nc4ccccc34)cc2N1. The van der Waals surface area contributed by atoms with Crippen LogP contribution in [0.3, 0.4) is 0 Å². The van der Waals surface area contributed by atoms with Crippen LogP contribution in [0.5, 0.6) is 5.75 Å². The van der Waals surface area contributed by atoms with Gasteiger partial charge in [0, 0.05) is 29.0 Å². The van der Waals surface area contributed by atoms with Crippen LogP contribution in [-0.2, 0) is 4.79 Å². The summed E-state index contributed by atoms with van der Waals surface area (Å²) in [6.45, 7) is -0.0144. The van der Waals surface area contributed by atoms with E-state index in [0.717, 1.165) is 16.5 Å². The van der Waals surface area contributed by atoms with Crippen molar-refractivity contribution in [1.82, 2.24) is 9.97 Å². The molecule has 0 fully saturated rings. The first-order chi connectivity index (χ1) is 14.7. The summed E-state index contributed by atoms with van der Waals surface area (Å²) >= 11 is 0. The molecule has 0 unspecified atom stereocenters. The van der Waals surface area contributed by atoms with Crippen molar-refractivity contribution in [3.8, 4) is 17.0 Å². The molecule has 1 aliphatic heterocycles. The maximum absolute atomic E-state index is 13.2. The zero-order valence-corrected chi connectivity index (χ0v) is 15.8. The molecule has 1 aliphatic rings. The van der Waals surface area contributed by atoms with Gasteiger partial charge in [0.1, 0.15) is 5.75 Å². The van der Waals surface area contributed by atoms with Crippen molar-refractivity contribution in [2.75, 3.05) is 17.2 Å². The lowest BCUT2D eigenvalue weighted by molar-refractivity contribution is -0.118. The van der Waals surface area contributed by atoms with Crippen LogP contribution >= 0.6 is 0 Å². The molecule has 0 saturated heterocycles. The number of carbonyl (C=O) groups excluding carboxylic acids is 2. The second-order valence-corrected chi connectivity index (χ2v) is 6.81. The van der Waals surface area contributed by atoms with Crippen LogP contribution in [0.25, 0.3) is 22.2 Å². The average molecular weight is 396 g/mol. The third-order valence-corrected chi connectivity index (χ3v) is 4.81. The molecular formula is C23H16N4O3. The molecule has 2 amide bonds. The van der Waals surface area contributed by atoms with Gasteiger partial charge in [0.25, 0.3) is 11.8 Å². The van der Waals surface area contributed by atoms with Crippen LogP contribution in [-0.4, -0.2) is 28.4 Å². The van der Waals surface area contributed by atoms with E-state index in [-0.39, 0.29) is 18.4 Å². The fraction of sp³-hybridized carbons (Fsp3) is 0.0435. The van der Waals surface area contributed by atoms with E-state index in [1.165, 1.54) is 0 Å². The predicted octanol–water partition coefficient (Wildman–Crippen LogP) is 3.88. The smallest absolute Gasteiger partial charge is 0.262 e. The molecule has 146 valence electrons. The van der Waals surface area contributed by atoms with Crippen molar-refractivity contribution in [2.24, 2.45) is 0 Å². The minimum absolute atomic E-state index is 0.0144. The normalized spacial score (nSPS) is 12.6. The van der Waals surface area contributed by atoms with Gasteiger partial charge in [-0.15, -0.1) is 0 Å². The van der Waals surface area contributed by atoms with E-state index < -0.39 is 0 Å². The van der Waals surface area contributed by atoms with E-state index in [0.29, 0.717) is 28.4 Å². The van der Waals surface area contributed by atoms with E-state index in [2.05, 4.69) is 20.6 Å². The van der Waals surface area contributed by atoms with Crippen LogP contribution in [0.1, 0.15) is 10.4 Å². The lowest BCUT2D eigenvalue weighted by atomic mass is 10.0. The molecule has 7 nitrogen and oxygen atoms in total. The number of aromatic nitrogens is 2. The van der Waals surface area contributed by atoms with Gasteiger partial charge in [-0.2, -0.15) is 0 Å². The Bertz CT molecular complexity index is 1290. The Morgan fingerprint density at radius 1 is 1.03 bits per heavy atom. The molecule has 2 aromatic heterocycles. The van der Waals surface area contributed by atoms with Crippen molar-refractivity contribution < 1.29 is 14.3 Å². The monoisotopic (exact) mass is 396 g/mol. The first-order valence-electron chi connectivity index (χ1n) is 9.35. The number of rotatable bonds is 3. The number of carbonyl (C=O) groups is 2. The number of nitrogens with one attached hydrogen (secondary N) is 2. The van der Waals surface area contributed by atoms with Gasteiger partial charge < -0.3 is 15.4 Å². The minimum Gasteiger partial charge on any atom is -0.482 e. The lowest BCUT2D eigenvalue weighted by Crippen LogP contribution is -2.25. The first kappa shape index (κ1) is 17.8. The molecule has 30 heavy (non-hydrogen) atoms. The summed E-state index contributed by atoms with van der Waals surface area (Å²) in [5.74, 6) is 0.0712. The van der Waals surface area contributed by atoms with Crippen LogP contribution in [0, 0.1) is 0 Å². The van der Waals surface area contributed by atoms with E-state index in [4.69, 9.17) is 4.74 Å². The quantitative estimate of drug-likeness (QED) is 0.548. The van der Waals surface area contributed by atoms with Crippen molar-refractivity contribution in [2.45, 2.75) is 0 Å². The Hall–Kier alpha value is -4.26. The lowest BCUT2D eigenvalue weighted by Gasteiger charge is -2.18. The third-order valence-electron chi connectivity index (χ3n) is 4.81. The number of nitrogens with zero attached hydrogens (tertiary/aromatic N) is 2. The van der Waals surface area contributed by atoms with Crippen molar-refractivity contribution >= 4 is 34.1 Å². The number of hydrogen-bond acceptors (Lipinski definition) is 5. The molecule has 4 aromatic rings. The standard InChI is InChI=1S/C23H16N4O3/c28-22-13-30-21-6-5-15(11-20(21)27-22)25-23(29)17-12-19(14-7-9-24-10-8-14)26-18-4-2-1-3-16(17)18/h1-12H,13H2,(H,25,29)(H,27,28). The molecular weight excluding hydrogens is 380 g/mol. The van der Waals surface area contributed by atoms with E-state index in [9.17, 15) is 9.59 Å². The zero-order valence-electron chi connectivity index (χ0n) is 15.8. The summed E-state index contributed by atoms with van der Waals surface area (Å²) < 4.78 is 5.36. The van der Waals surface area contributed by atoms with E-state index >= 15 is 0 Å². The summed E-state index contributed by atoms with van der Waals surface area (Å²) in [6, 6.07) is 18.1. The first-order valence-corrected chi connectivity index (χ1v) is 9.35. The van der Waals surface area contributed by atoms with Crippen LogP contribution in [0.4, 0.5) is 11.4 Å². The predicted molar refractivity (Wildman–Crippen MR) is 113 cm³/mol. The maximum Gasteiger partial charge on any atom is 0.262 e. The molecule has 0 saturated carbocycles. The average Bonchev–Trinajstić information content (AvgIpc) is 2.78. The minimum atomic E-state index is -0.271. The highest BCUT2D eigenvalue weighted by molar-refractivity contribution is 6.13. The van der Waals surface area contributed by atoms with Gasteiger partial charge in [-0.3, -0.25) is 14.6 Å². The Labute approximate surface area is 171 Å². The Morgan fingerprint density at radius 3 is 2.73 bits per heavy atom. The second kappa shape index (κ2) is 7.29. The van der Waals surface area contributed by atoms with Gasteiger partial charge in [0.05, 0.1) is 22.5 Å². The fourth-order valence-corrected chi connectivity index (χ4v) is 3.39. The van der Waals surface area contributed by atoms with Gasteiger partial charge in [0.2, 0.25) is 0 Å². The number of hydrogen-bond donors (Lipinski definition) is 2. The van der Waals surface area contributed by atoms with Crippen molar-refractivity contribution in [3.63, 3.8) is 0 Å². The third kappa shape index (κ3) is 3.33. The van der Waals surface area contributed by atoms with Crippen LogP contribution in [0.15, 0.2) is 73.1 Å². The molecule has 3 heterocycles. The molecule has 0 spiro atoms. The Morgan fingerprint density at radius 2 is 1.87 bits per heavy atom. The Balaban J connectivity index is 1.53. The largest absolute Gasteiger partial charge is 0.482 e. The van der Waals surface area contributed by atoms with Crippen LogP contribution < -0.4 is 15.4 Å². The summed E-state index contributed by atoms with van der Waals surface area (Å²) in [7, 11) is 0. The fourth-order valence-electron chi connectivity index (χ4n) is 3.39. The molecule has 0 aliphatic carbocycles. The highest BCUT2D eigenvalue weighted by Crippen LogP contribution is 2.31. The molecule has 2 N–H and O–H groups in total. The topological polar surface area (TPSA) is 93.2 Å². The molecule has 7 heteroatoms. The second-order valence-electron chi connectivity index (χ2n) is 6.81. The molecule has 0 radical (unpaired) electrons. The summed E-state index contributed by atoms with van der Waals surface area (Å²) in [5.41, 5.74) is 3.87. The number of benzene rings is 2. The maximum atomic E-state index is 13.2. The van der Waals surface area contributed by atoms with Gasteiger partial charge in [-0.05, 0) is 42.5 Å². The van der Waals surface area contributed by atoms with Gasteiger partial charge >= 0.3 is 0 Å². The highest BCUT2D eigenvalue weighted by atomic mass is 16.5. The van der Waals surface area contributed by atoms with Gasteiger partial charge in [0.15, 0.2) is 6.61 Å². The van der Waals surface area contributed by atoms with E-state index in [1.807, 2.05) is 36.4 Å². The number of amides is 2. The molecule has 2 aromatic carbocycles. The van der Waals surface area contributed by atoms with Crippen molar-refractivity contribution in [3.05, 3.63) is 78.6 Å². The summed E-state index contributed by atoms with van der Waals surface area (Å²) in [5, 5.41) is 6.40. The summed E-state index contributed by atoms with van der Waals surface area (Å²) in [6.07, 6.45) is 3.38. The van der Waals surface area contributed by atoms with Gasteiger partial charge in [-0.25, -0.2) is 4.98 Å². The van der Waals surface area contributed by atoms with Crippen molar-refractivity contribution in [1.29, 1.82) is 0 Å².